The van der Waals surface area contributed by atoms with Crippen molar-refractivity contribution in [1.29, 1.82) is 0 Å². The molecule has 1 aromatic carbocycles. The maximum absolute atomic E-state index is 14.2. The van der Waals surface area contributed by atoms with Crippen LogP contribution in [0.25, 0.3) is 33.4 Å². The minimum atomic E-state index is -0.849. The molecule has 310 valence electrons. The molecule has 14 heteroatoms. The van der Waals surface area contributed by atoms with Crippen molar-refractivity contribution in [1.82, 2.24) is 30.3 Å². The van der Waals surface area contributed by atoms with Gasteiger partial charge in [0.05, 0.1) is 54.1 Å². The molecule has 7 atom stereocenters. The Balaban J connectivity index is 1.24. The van der Waals surface area contributed by atoms with Crippen LogP contribution >= 0.6 is 11.3 Å². The summed E-state index contributed by atoms with van der Waals surface area (Å²) in [5.74, 6) is -0.421. The average Bonchev–Trinajstić information content (AvgIpc) is 3.71. The Morgan fingerprint density at radius 1 is 1.17 bits per heavy atom. The minimum Gasteiger partial charge on any atom is -0.464 e. The molecule has 6 bridgehead atoms. The smallest absolute Gasteiger partial charge is 0.324 e. The van der Waals surface area contributed by atoms with Gasteiger partial charge in [-0.3, -0.25) is 24.4 Å². The zero-order chi connectivity index (χ0) is 40.7. The van der Waals surface area contributed by atoms with Gasteiger partial charge in [0.15, 0.2) is 0 Å². The molecule has 2 amide bonds. The number of nitrogens with one attached hydrogen (secondary N) is 2. The lowest BCUT2D eigenvalue weighted by atomic mass is 9.84. The molecular weight excluding hydrogens is 757 g/mol. The van der Waals surface area contributed by atoms with Crippen molar-refractivity contribution in [2.45, 2.75) is 97.6 Å². The van der Waals surface area contributed by atoms with Crippen molar-refractivity contribution in [2.75, 3.05) is 40.1 Å². The molecule has 4 aromatic rings. The maximum atomic E-state index is 14.2. The van der Waals surface area contributed by atoms with Crippen LogP contribution in [0.4, 0.5) is 0 Å². The van der Waals surface area contributed by atoms with Gasteiger partial charge in [0.25, 0.3) is 5.91 Å². The lowest BCUT2D eigenvalue weighted by Gasteiger charge is -2.35. The van der Waals surface area contributed by atoms with Crippen LogP contribution in [0.5, 0.6) is 0 Å². The second-order valence-corrected chi connectivity index (χ2v) is 18.2. The van der Waals surface area contributed by atoms with Crippen LogP contribution in [0.2, 0.25) is 0 Å². The van der Waals surface area contributed by atoms with E-state index in [0.29, 0.717) is 52.2 Å². The molecule has 13 nitrogen and oxygen atoms in total. The van der Waals surface area contributed by atoms with Gasteiger partial charge in [-0.1, -0.05) is 33.8 Å². The van der Waals surface area contributed by atoms with Crippen LogP contribution in [0.1, 0.15) is 76.3 Å². The lowest BCUT2D eigenvalue weighted by Crippen LogP contribution is -2.60. The van der Waals surface area contributed by atoms with Crippen LogP contribution < -0.4 is 10.7 Å². The molecule has 0 radical (unpaired) electrons. The second-order valence-electron chi connectivity index (χ2n) is 17.3. The van der Waals surface area contributed by atoms with E-state index in [4.69, 9.17) is 28.9 Å². The number of carbonyl (C=O) groups is 3. The van der Waals surface area contributed by atoms with E-state index in [1.807, 2.05) is 18.4 Å². The van der Waals surface area contributed by atoms with Gasteiger partial charge in [0, 0.05) is 78.2 Å². The molecule has 1 saturated carbocycles. The summed E-state index contributed by atoms with van der Waals surface area (Å²) >= 11 is 1.48. The monoisotopic (exact) mass is 812 g/mol. The number of cyclic esters (lactones) is 1. The lowest BCUT2D eigenvalue weighted by molar-refractivity contribution is -0.155. The van der Waals surface area contributed by atoms with Crippen molar-refractivity contribution < 1.29 is 33.3 Å². The molecule has 3 aliphatic heterocycles. The highest BCUT2D eigenvalue weighted by atomic mass is 32.1. The SMILES string of the molecule is CO[C@@H](C)c1ncccc1-c1c2c3cc(ccc3n1CCOC1CCOC1)-c1csc(n1)C[C@H](NC(=O)C1[C@@H](C)[C@H]1C)C(=O)N1CCC[C@H](N1)C(=O)OCC(C)(C)C2. The number of esters is 1. The summed E-state index contributed by atoms with van der Waals surface area (Å²) in [5, 5.41) is 8.39. The molecule has 2 saturated heterocycles. The van der Waals surface area contributed by atoms with E-state index in [-0.39, 0.29) is 54.8 Å². The standard InChI is InChI=1S/C44H56N6O7S/c1-25-26(2)38(25)41(51)47-34-20-37-46-35(23-58-37)28-11-12-36-31(19-28)32(21-44(4,5)24-57-43(53)33-10-8-15-50(48-33)42(34)52)40(30-9-7-14-45-39(30)27(3)54-6)49(36)16-18-56-29-13-17-55-22-29/h7,9,11-12,14,19,23,25-27,29,33-34,38,48H,8,10,13,15-18,20-22,24H2,1-6H3,(H,47,51)/t25-,26+,27-,29?,33-,34-,38?/m0/s1. The third kappa shape index (κ3) is 8.31. The number of ether oxygens (including phenoxy) is 4. The van der Waals surface area contributed by atoms with Crippen LogP contribution in [-0.4, -0.2) is 95.6 Å². The first-order valence-electron chi connectivity index (χ1n) is 20.7. The minimum absolute atomic E-state index is 0.0668. The van der Waals surface area contributed by atoms with Crippen molar-refractivity contribution in [2.24, 2.45) is 23.2 Å². The fraction of sp³-hybridized carbons (Fsp3) is 0.568. The van der Waals surface area contributed by atoms with Gasteiger partial charge >= 0.3 is 5.97 Å². The van der Waals surface area contributed by atoms with E-state index >= 15 is 0 Å². The summed E-state index contributed by atoms with van der Waals surface area (Å²) < 4.78 is 26.3. The van der Waals surface area contributed by atoms with Crippen molar-refractivity contribution in [3.63, 3.8) is 0 Å². The highest BCUT2D eigenvalue weighted by molar-refractivity contribution is 7.10. The number of pyridine rings is 1. The maximum Gasteiger partial charge on any atom is 0.324 e. The van der Waals surface area contributed by atoms with Gasteiger partial charge in [-0.05, 0) is 74.3 Å². The van der Waals surface area contributed by atoms with Crippen molar-refractivity contribution in [3.05, 3.63) is 58.2 Å². The molecule has 4 aliphatic rings. The highest BCUT2D eigenvalue weighted by Gasteiger charge is 2.49. The Labute approximate surface area is 344 Å². The number of hydrogen-bond acceptors (Lipinski definition) is 11. The largest absolute Gasteiger partial charge is 0.464 e. The molecule has 1 aliphatic carbocycles. The number of nitrogens with zero attached hydrogens (tertiary/aromatic N) is 4. The second kappa shape index (κ2) is 16.8. The number of benzene rings is 1. The fourth-order valence-corrected chi connectivity index (χ4v) is 9.68. The van der Waals surface area contributed by atoms with Crippen molar-refractivity contribution in [3.8, 4) is 22.5 Å². The average molecular weight is 813 g/mol. The van der Waals surface area contributed by atoms with Gasteiger partial charge in [-0.15, -0.1) is 11.3 Å². The van der Waals surface area contributed by atoms with E-state index in [9.17, 15) is 14.4 Å². The number of fused-ring (bicyclic) bond motifs is 6. The van der Waals surface area contributed by atoms with Gasteiger partial charge in [-0.2, -0.15) is 0 Å². The molecule has 0 spiro atoms. The van der Waals surface area contributed by atoms with Crippen LogP contribution in [0.15, 0.2) is 41.9 Å². The number of amides is 2. The zero-order valence-electron chi connectivity index (χ0n) is 34.4. The van der Waals surface area contributed by atoms with Gasteiger partial charge in [0.1, 0.15) is 12.1 Å². The molecular formula is C44H56N6O7S. The molecule has 3 fully saturated rings. The Morgan fingerprint density at radius 3 is 2.76 bits per heavy atom. The van der Waals surface area contributed by atoms with Gasteiger partial charge in [0.2, 0.25) is 5.91 Å². The Kier molecular flexibility index (Phi) is 11.8. The van der Waals surface area contributed by atoms with Crippen LogP contribution in [0, 0.1) is 23.2 Å². The number of carbonyl (C=O) groups excluding carboxylic acids is 3. The summed E-state index contributed by atoms with van der Waals surface area (Å²) in [7, 11) is 1.70. The number of thiazole rings is 1. The first-order valence-corrected chi connectivity index (χ1v) is 21.6. The number of hydrogen-bond donors (Lipinski definition) is 2. The summed E-state index contributed by atoms with van der Waals surface area (Å²) in [6, 6.07) is 8.99. The predicted octanol–water partition coefficient (Wildman–Crippen LogP) is 5.89. The van der Waals surface area contributed by atoms with E-state index < -0.39 is 23.5 Å². The van der Waals surface area contributed by atoms with E-state index in [1.54, 1.807) is 13.3 Å². The van der Waals surface area contributed by atoms with Gasteiger partial charge in [-0.25, -0.2) is 10.4 Å². The summed E-state index contributed by atoms with van der Waals surface area (Å²) in [5.41, 5.74) is 9.39. The van der Waals surface area contributed by atoms with Crippen LogP contribution in [0.3, 0.4) is 0 Å². The van der Waals surface area contributed by atoms with E-state index in [1.165, 1.54) is 16.3 Å². The fourth-order valence-electron chi connectivity index (χ4n) is 8.83. The number of hydrazine groups is 1. The van der Waals surface area contributed by atoms with E-state index in [2.05, 4.69) is 67.3 Å². The number of methoxy groups -OCH3 is 1. The Bertz CT molecular complexity index is 2150. The quantitative estimate of drug-likeness (QED) is 0.196. The summed E-state index contributed by atoms with van der Waals surface area (Å²) in [6.07, 6.45) is 4.45. The molecule has 58 heavy (non-hydrogen) atoms. The summed E-state index contributed by atoms with van der Waals surface area (Å²) in [6.45, 7) is 13.3. The molecule has 3 aromatic heterocycles. The Morgan fingerprint density at radius 2 is 2.00 bits per heavy atom. The molecule has 8 rings (SSSR count). The first-order chi connectivity index (χ1) is 27.9. The third-order valence-corrected chi connectivity index (χ3v) is 13.4. The van der Waals surface area contributed by atoms with Crippen LogP contribution in [-0.2, 0) is 52.7 Å². The molecule has 6 heterocycles. The zero-order valence-corrected chi connectivity index (χ0v) is 35.2. The third-order valence-electron chi connectivity index (χ3n) is 12.5. The summed E-state index contributed by atoms with van der Waals surface area (Å²) in [4.78, 5) is 51.3. The van der Waals surface area contributed by atoms with Crippen molar-refractivity contribution >= 4 is 40.0 Å². The topological polar surface area (TPSA) is 146 Å². The predicted molar refractivity (Wildman–Crippen MR) is 221 cm³/mol. The van der Waals surface area contributed by atoms with E-state index in [0.717, 1.165) is 56.1 Å². The number of aromatic nitrogens is 3. The first kappa shape index (κ1) is 40.6. The number of rotatable bonds is 9. The normalized spacial score (nSPS) is 26.6. The molecule has 2 unspecified atom stereocenters. The van der Waals surface area contributed by atoms with Gasteiger partial charge < -0.3 is 28.8 Å². The highest BCUT2D eigenvalue weighted by Crippen LogP contribution is 2.46. The molecule has 2 N–H and O–H groups in total. The Hall–Kier alpha value is -4.21.